The number of anilines is 2. The van der Waals surface area contributed by atoms with Crippen molar-refractivity contribution in [1.29, 1.82) is 0 Å². The SMILES string of the molecule is O=C(Nc1cccc([N+](=O)[O-])c1)C1CCCN(c2cc(-n3cncn3)ncn2)C1. The van der Waals surface area contributed by atoms with Crippen LogP contribution in [0.1, 0.15) is 12.8 Å². The van der Waals surface area contributed by atoms with E-state index in [1.54, 1.807) is 29.2 Å². The number of hydrogen-bond acceptors (Lipinski definition) is 8. The molecule has 3 heterocycles. The highest BCUT2D eigenvalue weighted by molar-refractivity contribution is 5.93. The third-order valence-electron chi connectivity index (χ3n) is 4.73. The molecule has 148 valence electrons. The van der Waals surface area contributed by atoms with Crippen molar-refractivity contribution in [3.05, 3.63) is 59.4 Å². The molecule has 1 fully saturated rings. The summed E-state index contributed by atoms with van der Waals surface area (Å²) in [7, 11) is 0. The van der Waals surface area contributed by atoms with Crippen molar-refractivity contribution in [3.63, 3.8) is 0 Å². The predicted molar refractivity (Wildman–Crippen MR) is 104 cm³/mol. The Hall–Kier alpha value is -3.89. The van der Waals surface area contributed by atoms with Crippen LogP contribution >= 0.6 is 0 Å². The zero-order chi connectivity index (χ0) is 20.2. The van der Waals surface area contributed by atoms with Gasteiger partial charge in [0, 0.05) is 37.0 Å². The van der Waals surface area contributed by atoms with Crippen molar-refractivity contribution in [2.45, 2.75) is 12.8 Å². The highest BCUT2D eigenvalue weighted by Crippen LogP contribution is 2.24. The van der Waals surface area contributed by atoms with Crippen LogP contribution in [-0.4, -0.2) is 48.7 Å². The maximum atomic E-state index is 12.7. The summed E-state index contributed by atoms with van der Waals surface area (Å²) in [6, 6.07) is 7.73. The van der Waals surface area contributed by atoms with Crippen molar-refractivity contribution >= 4 is 23.1 Å². The molecule has 0 bridgehead atoms. The van der Waals surface area contributed by atoms with Gasteiger partial charge in [0.15, 0.2) is 5.82 Å². The van der Waals surface area contributed by atoms with Gasteiger partial charge in [0.1, 0.15) is 24.8 Å². The number of hydrogen-bond donors (Lipinski definition) is 1. The first-order chi connectivity index (χ1) is 14.1. The van der Waals surface area contributed by atoms with Crippen molar-refractivity contribution < 1.29 is 9.72 Å². The molecule has 0 aliphatic carbocycles. The molecule has 3 aromatic rings. The molecule has 4 rings (SSSR count). The van der Waals surface area contributed by atoms with Crippen LogP contribution < -0.4 is 10.2 Å². The van der Waals surface area contributed by atoms with E-state index in [4.69, 9.17) is 0 Å². The second-order valence-corrected chi connectivity index (χ2v) is 6.66. The Labute approximate surface area is 165 Å². The minimum Gasteiger partial charge on any atom is -0.356 e. The molecule has 1 unspecified atom stereocenters. The number of benzene rings is 1. The molecule has 11 nitrogen and oxygen atoms in total. The van der Waals surface area contributed by atoms with Gasteiger partial charge < -0.3 is 10.2 Å². The number of aromatic nitrogens is 5. The molecular formula is C18H18N8O3. The molecule has 1 N–H and O–H groups in total. The molecular weight excluding hydrogens is 376 g/mol. The van der Waals surface area contributed by atoms with Crippen LogP contribution in [0.2, 0.25) is 0 Å². The van der Waals surface area contributed by atoms with Gasteiger partial charge in [-0.25, -0.2) is 19.6 Å². The number of nitro groups is 1. The summed E-state index contributed by atoms with van der Waals surface area (Å²) in [5.41, 5.74) is 0.353. The molecule has 29 heavy (non-hydrogen) atoms. The molecule has 2 aromatic heterocycles. The van der Waals surface area contributed by atoms with E-state index in [2.05, 4.69) is 25.4 Å². The molecule has 1 aliphatic heterocycles. The standard InChI is InChI=1S/C18H18N8O3/c27-18(23-14-4-1-5-15(7-14)26(28)29)13-3-2-6-24(9-13)16-8-17(21-11-20-16)25-12-19-10-22-25/h1,4-5,7-8,10-13H,2-3,6,9H2,(H,23,27). The molecule has 0 radical (unpaired) electrons. The van der Waals surface area contributed by atoms with E-state index in [0.29, 0.717) is 23.9 Å². The number of nitrogens with one attached hydrogen (secondary N) is 1. The minimum absolute atomic E-state index is 0.0605. The first-order valence-electron chi connectivity index (χ1n) is 9.07. The first kappa shape index (κ1) is 18.5. The van der Waals surface area contributed by atoms with E-state index in [9.17, 15) is 14.9 Å². The first-order valence-corrected chi connectivity index (χ1v) is 9.07. The van der Waals surface area contributed by atoms with Crippen LogP contribution in [0.5, 0.6) is 0 Å². The Bertz CT molecular complexity index is 1020. The normalized spacial score (nSPS) is 16.4. The zero-order valence-electron chi connectivity index (χ0n) is 15.4. The average molecular weight is 394 g/mol. The maximum absolute atomic E-state index is 12.7. The van der Waals surface area contributed by atoms with E-state index in [1.165, 1.54) is 24.8 Å². The highest BCUT2D eigenvalue weighted by Gasteiger charge is 2.27. The number of non-ortho nitro benzene ring substituents is 1. The number of carbonyl (C=O) groups excluding carboxylic acids is 1. The smallest absolute Gasteiger partial charge is 0.271 e. The van der Waals surface area contributed by atoms with Gasteiger partial charge in [0.2, 0.25) is 5.91 Å². The van der Waals surface area contributed by atoms with Crippen molar-refractivity contribution in [3.8, 4) is 5.82 Å². The summed E-state index contributed by atoms with van der Waals surface area (Å²) in [5, 5.41) is 17.8. The van der Waals surface area contributed by atoms with Gasteiger partial charge in [-0.05, 0) is 18.9 Å². The summed E-state index contributed by atoms with van der Waals surface area (Å²) in [4.78, 5) is 37.6. The monoisotopic (exact) mass is 394 g/mol. The second-order valence-electron chi connectivity index (χ2n) is 6.66. The molecule has 11 heteroatoms. The number of rotatable bonds is 5. The summed E-state index contributed by atoms with van der Waals surface area (Å²) < 4.78 is 1.54. The van der Waals surface area contributed by atoms with Crippen molar-refractivity contribution in [2.24, 2.45) is 5.92 Å². The zero-order valence-corrected chi connectivity index (χ0v) is 15.4. The summed E-state index contributed by atoms with van der Waals surface area (Å²) in [6.45, 7) is 1.27. The van der Waals surface area contributed by atoms with Crippen molar-refractivity contribution in [2.75, 3.05) is 23.3 Å². The van der Waals surface area contributed by atoms with Crippen LogP contribution in [-0.2, 0) is 4.79 Å². The topological polar surface area (TPSA) is 132 Å². The lowest BCUT2D eigenvalue weighted by molar-refractivity contribution is -0.384. The van der Waals surface area contributed by atoms with Gasteiger partial charge in [-0.2, -0.15) is 5.10 Å². The molecule has 0 saturated carbocycles. The number of carbonyl (C=O) groups is 1. The molecule has 1 amide bonds. The van der Waals surface area contributed by atoms with E-state index in [-0.39, 0.29) is 17.5 Å². The lowest BCUT2D eigenvalue weighted by Crippen LogP contribution is -2.41. The van der Waals surface area contributed by atoms with E-state index in [0.717, 1.165) is 19.4 Å². The van der Waals surface area contributed by atoms with Crippen LogP contribution in [0.3, 0.4) is 0 Å². The van der Waals surface area contributed by atoms with Crippen LogP contribution in [0.15, 0.2) is 49.3 Å². The lowest BCUT2D eigenvalue weighted by atomic mass is 9.97. The summed E-state index contributed by atoms with van der Waals surface area (Å²) >= 11 is 0. The van der Waals surface area contributed by atoms with E-state index >= 15 is 0 Å². The summed E-state index contributed by atoms with van der Waals surface area (Å²) in [6.07, 6.45) is 6.00. The predicted octanol–water partition coefficient (Wildman–Crippen LogP) is 1.82. The van der Waals surface area contributed by atoms with Gasteiger partial charge in [-0.1, -0.05) is 6.07 Å². The maximum Gasteiger partial charge on any atom is 0.271 e. The Balaban J connectivity index is 1.46. The largest absolute Gasteiger partial charge is 0.356 e. The molecule has 1 aliphatic rings. The fraction of sp³-hybridized carbons (Fsp3) is 0.278. The third kappa shape index (κ3) is 4.18. The molecule has 1 atom stereocenters. The van der Waals surface area contributed by atoms with E-state index < -0.39 is 4.92 Å². The quantitative estimate of drug-likeness (QED) is 0.512. The minimum atomic E-state index is -0.486. The van der Waals surface area contributed by atoms with Crippen LogP contribution in [0, 0.1) is 16.0 Å². The van der Waals surface area contributed by atoms with Crippen molar-refractivity contribution in [1.82, 2.24) is 24.7 Å². The number of nitro benzene ring substituents is 1. The van der Waals surface area contributed by atoms with E-state index in [1.807, 2.05) is 4.90 Å². The number of amides is 1. The fourth-order valence-corrected chi connectivity index (χ4v) is 3.30. The molecule has 1 saturated heterocycles. The Kier molecular flexibility index (Phi) is 5.10. The fourth-order valence-electron chi connectivity index (χ4n) is 3.30. The second kappa shape index (κ2) is 8.00. The number of nitrogens with zero attached hydrogens (tertiary/aromatic N) is 7. The lowest BCUT2D eigenvalue weighted by Gasteiger charge is -2.32. The third-order valence-corrected chi connectivity index (χ3v) is 4.73. The van der Waals surface area contributed by atoms with Crippen LogP contribution in [0.4, 0.5) is 17.2 Å². The van der Waals surface area contributed by atoms with Crippen LogP contribution in [0.25, 0.3) is 5.82 Å². The molecule has 1 aromatic carbocycles. The number of piperidine rings is 1. The Morgan fingerprint density at radius 2 is 2.07 bits per heavy atom. The molecule has 0 spiro atoms. The Morgan fingerprint density at radius 1 is 1.21 bits per heavy atom. The van der Waals surface area contributed by atoms with Gasteiger partial charge in [0.05, 0.1) is 10.8 Å². The van der Waals surface area contributed by atoms with Gasteiger partial charge in [0.25, 0.3) is 5.69 Å². The summed E-state index contributed by atoms with van der Waals surface area (Å²) in [5.74, 6) is 0.877. The van der Waals surface area contributed by atoms with Gasteiger partial charge in [-0.3, -0.25) is 14.9 Å². The average Bonchev–Trinajstić information content (AvgIpc) is 3.29. The highest BCUT2D eigenvalue weighted by atomic mass is 16.6. The Morgan fingerprint density at radius 3 is 2.86 bits per heavy atom. The van der Waals surface area contributed by atoms with Gasteiger partial charge >= 0.3 is 0 Å². The van der Waals surface area contributed by atoms with Gasteiger partial charge in [-0.15, -0.1) is 0 Å².